The van der Waals surface area contributed by atoms with Crippen molar-refractivity contribution >= 4 is 25.8 Å². The molecule has 47 heavy (non-hydrogen) atoms. The Kier molecular flexibility index (Phi) is 7.69. The van der Waals surface area contributed by atoms with Gasteiger partial charge in [-0.15, -0.1) is 0 Å². The molecule has 1 aliphatic heterocycles. The lowest BCUT2D eigenvalue weighted by molar-refractivity contribution is -0.348. The minimum atomic E-state index is -6.37. The van der Waals surface area contributed by atoms with E-state index in [0.717, 1.165) is 36.6 Å². The number of amides is 1. The van der Waals surface area contributed by atoms with Crippen molar-refractivity contribution in [3.8, 4) is 0 Å². The summed E-state index contributed by atoms with van der Waals surface area (Å²) in [7, 11) is -7.99. The molecule has 7 nitrogen and oxygen atoms in total. The number of likely N-dealkylation sites (tertiary alicyclic amines) is 1. The van der Waals surface area contributed by atoms with Crippen LogP contribution in [-0.2, 0) is 41.5 Å². The molecular formula is C30H30F8N2O5S2. The van der Waals surface area contributed by atoms with E-state index in [0.29, 0.717) is 37.8 Å². The number of hydrogen-bond donors (Lipinski definition) is 1. The van der Waals surface area contributed by atoms with Crippen LogP contribution < -0.4 is 4.72 Å². The Morgan fingerprint density at radius 3 is 2.04 bits per heavy atom. The third kappa shape index (κ3) is 5.16. The lowest BCUT2D eigenvalue weighted by Gasteiger charge is -2.57. The van der Waals surface area contributed by atoms with E-state index in [4.69, 9.17) is 0 Å². The number of nitrogens with one attached hydrogen (secondary N) is 1. The molecule has 1 amide bonds. The molecule has 3 aliphatic carbocycles. The molecule has 0 aromatic heterocycles. The number of sulfonamides is 1. The summed E-state index contributed by atoms with van der Waals surface area (Å²) in [6, 6.07) is 3.94. The van der Waals surface area contributed by atoms with Crippen molar-refractivity contribution in [2.45, 2.75) is 84.7 Å². The van der Waals surface area contributed by atoms with E-state index >= 15 is 4.39 Å². The second-order valence-electron chi connectivity index (χ2n) is 13.3. The van der Waals surface area contributed by atoms with Gasteiger partial charge in [-0.2, -0.15) is 26.3 Å². The van der Waals surface area contributed by atoms with Gasteiger partial charge in [-0.3, -0.25) is 4.79 Å². The van der Waals surface area contributed by atoms with E-state index in [2.05, 4.69) is 4.72 Å². The van der Waals surface area contributed by atoms with Crippen LogP contribution in [-0.4, -0.2) is 64.9 Å². The molecule has 2 aromatic rings. The minimum absolute atomic E-state index is 0.0922. The van der Waals surface area contributed by atoms with Crippen LogP contribution >= 0.6 is 0 Å². The molecular weight excluding hydrogens is 684 g/mol. The standard InChI is InChI=1S/C30H30F8N2O5S2/c1-46(42,43)39-21-15-26(16-21)13-18(14-26)25(41)40-11-10-27(47(44,45)22-6-4-20(31)5-7-22)23-8-3-19(12-17(23)2-9-24(27)40)28(32,29(33,34)35)30(36,37)38/h3-8,12,18,21,24,39H,2,9-11,13-16H2,1H3/t18?,21?,24-,26?,27-/m1/s1. The van der Waals surface area contributed by atoms with Gasteiger partial charge in [-0.05, 0) is 85.8 Å². The van der Waals surface area contributed by atoms with E-state index in [-0.39, 0.29) is 59.2 Å². The van der Waals surface area contributed by atoms with Gasteiger partial charge in [0.05, 0.1) is 17.2 Å². The molecule has 0 radical (unpaired) electrons. The number of nitrogens with zero attached hydrogens (tertiary/aromatic N) is 1. The quantitative estimate of drug-likeness (QED) is 0.318. The number of benzene rings is 2. The number of carbonyl (C=O) groups is 1. The number of carbonyl (C=O) groups excluding carboxylic acids is 1. The van der Waals surface area contributed by atoms with Crippen molar-refractivity contribution in [3.05, 3.63) is 65.0 Å². The summed E-state index contributed by atoms with van der Waals surface area (Å²) in [4.78, 5) is 14.9. The van der Waals surface area contributed by atoms with Gasteiger partial charge >= 0.3 is 18.0 Å². The van der Waals surface area contributed by atoms with E-state index in [9.17, 15) is 52.4 Å². The first kappa shape index (κ1) is 34.1. The molecule has 6 rings (SSSR count). The molecule has 2 aromatic carbocycles. The van der Waals surface area contributed by atoms with Crippen molar-refractivity contribution in [1.82, 2.24) is 9.62 Å². The zero-order valence-corrected chi connectivity index (χ0v) is 26.4. The van der Waals surface area contributed by atoms with Gasteiger partial charge in [0.15, 0.2) is 9.84 Å². The van der Waals surface area contributed by atoms with Crippen LogP contribution in [0, 0.1) is 17.2 Å². The normalized spacial score (nSPS) is 29.6. The Morgan fingerprint density at radius 2 is 1.49 bits per heavy atom. The molecule has 17 heteroatoms. The van der Waals surface area contributed by atoms with Gasteiger partial charge in [0.2, 0.25) is 15.9 Å². The molecule has 4 aliphatic rings. The predicted octanol–water partition coefficient (Wildman–Crippen LogP) is 5.44. The summed E-state index contributed by atoms with van der Waals surface area (Å²) < 4.78 is 163. The summed E-state index contributed by atoms with van der Waals surface area (Å²) in [6.07, 6.45) is -10.4. The van der Waals surface area contributed by atoms with E-state index in [1.54, 1.807) is 0 Å². The summed E-state index contributed by atoms with van der Waals surface area (Å²) in [5.74, 6) is -1.60. The second-order valence-corrected chi connectivity index (χ2v) is 17.3. The molecule has 3 fully saturated rings. The first-order chi connectivity index (χ1) is 21.5. The van der Waals surface area contributed by atoms with Crippen LogP contribution in [0.1, 0.15) is 55.2 Å². The van der Waals surface area contributed by atoms with Crippen LogP contribution in [0.5, 0.6) is 0 Å². The van der Waals surface area contributed by atoms with E-state index in [1.807, 2.05) is 0 Å². The van der Waals surface area contributed by atoms with E-state index in [1.165, 1.54) is 4.90 Å². The Bertz CT molecular complexity index is 1800. The molecule has 2 saturated carbocycles. The number of alkyl halides is 7. The Labute approximate surface area is 265 Å². The molecule has 1 N–H and O–H groups in total. The smallest absolute Gasteiger partial charge is 0.337 e. The molecule has 2 atom stereocenters. The lowest BCUT2D eigenvalue weighted by Crippen LogP contribution is -2.60. The van der Waals surface area contributed by atoms with Crippen LogP contribution in [0.15, 0.2) is 47.4 Å². The number of aryl methyl sites for hydroxylation is 1. The first-order valence-corrected chi connectivity index (χ1v) is 18.2. The largest absolute Gasteiger partial charge is 0.435 e. The average Bonchev–Trinajstić information content (AvgIpc) is 3.32. The third-order valence-electron chi connectivity index (χ3n) is 10.4. The maximum atomic E-state index is 15.0. The summed E-state index contributed by atoms with van der Waals surface area (Å²) >= 11 is 0. The molecule has 258 valence electrons. The van der Waals surface area contributed by atoms with Gasteiger partial charge in [0.1, 0.15) is 10.6 Å². The van der Waals surface area contributed by atoms with E-state index < -0.39 is 66.0 Å². The highest BCUT2D eigenvalue weighted by Gasteiger charge is 2.74. The summed E-state index contributed by atoms with van der Waals surface area (Å²) in [5.41, 5.74) is -8.05. The third-order valence-corrected chi connectivity index (χ3v) is 13.7. The Hall–Kier alpha value is -2.79. The molecule has 0 bridgehead atoms. The summed E-state index contributed by atoms with van der Waals surface area (Å²) in [6.45, 7) is -0.0922. The molecule has 0 unspecified atom stereocenters. The number of halogens is 8. The van der Waals surface area contributed by atoms with Gasteiger partial charge in [0.25, 0.3) is 0 Å². The van der Waals surface area contributed by atoms with Crippen molar-refractivity contribution < 1.29 is 56.8 Å². The number of rotatable bonds is 6. The Morgan fingerprint density at radius 1 is 0.894 bits per heavy atom. The maximum Gasteiger partial charge on any atom is 0.435 e. The Balaban J connectivity index is 1.36. The van der Waals surface area contributed by atoms with Gasteiger partial charge in [-0.1, -0.05) is 18.2 Å². The predicted molar refractivity (Wildman–Crippen MR) is 151 cm³/mol. The van der Waals surface area contributed by atoms with Gasteiger partial charge in [-0.25, -0.2) is 30.3 Å². The fourth-order valence-electron chi connectivity index (χ4n) is 8.42. The zero-order chi connectivity index (χ0) is 34.6. The van der Waals surface area contributed by atoms with Crippen molar-refractivity contribution in [2.24, 2.45) is 11.3 Å². The fourth-order valence-corrected chi connectivity index (χ4v) is 11.6. The maximum absolute atomic E-state index is 15.0. The van der Waals surface area contributed by atoms with Crippen LogP contribution in [0.25, 0.3) is 0 Å². The van der Waals surface area contributed by atoms with Crippen LogP contribution in [0.4, 0.5) is 35.1 Å². The highest BCUT2D eigenvalue weighted by atomic mass is 32.2. The SMILES string of the molecule is CS(=O)(=O)NC1CC2(C1)CC(C(=O)N1CC[C@@]3(S(=O)(=O)c4ccc(F)cc4)c4ccc(C(F)(C(F)(F)F)C(F)(F)F)cc4CC[C@@H]13)C2. The lowest BCUT2D eigenvalue weighted by atomic mass is 9.50. The molecule has 1 spiro atoms. The van der Waals surface area contributed by atoms with Crippen molar-refractivity contribution in [3.63, 3.8) is 0 Å². The van der Waals surface area contributed by atoms with Crippen LogP contribution in [0.3, 0.4) is 0 Å². The monoisotopic (exact) mass is 714 g/mol. The highest BCUT2D eigenvalue weighted by molar-refractivity contribution is 7.92. The topological polar surface area (TPSA) is 101 Å². The minimum Gasteiger partial charge on any atom is -0.337 e. The fraction of sp³-hybridized carbons (Fsp3) is 0.567. The molecule has 1 heterocycles. The highest BCUT2D eigenvalue weighted by Crippen LogP contribution is 2.61. The van der Waals surface area contributed by atoms with Crippen molar-refractivity contribution in [1.29, 1.82) is 0 Å². The second kappa shape index (κ2) is 10.6. The average molecular weight is 715 g/mol. The first-order valence-electron chi connectivity index (χ1n) is 14.8. The van der Waals surface area contributed by atoms with Gasteiger partial charge in [0, 0.05) is 24.1 Å². The summed E-state index contributed by atoms with van der Waals surface area (Å²) in [5, 5.41) is 0. The number of hydrogen-bond acceptors (Lipinski definition) is 5. The number of fused-ring (bicyclic) bond motifs is 3. The molecule has 1 saturated heterocycles. The zero-order valence-electron chi connectivity index (χ0n) is 24.8. The van der Waals surface area contributed by atoms with Gasteiger partial charge < -0.3 is 4.90 Å². The van der Waals surface area contributed by atoms with Crippen molar-refractivity contribution in [2.75, 3.05) is 12.8 Å². The number of sulfone groups is 1. The van der Waals surface area contributed by atoms with Crippen LogP contribution in [0.2, 0.25) is 0 Å².